The molecule has 1 amide bonds. The normalized spacial score (nSPS) is 11.9. The molecular formula is C11H12BrClN2O3. The largest absolute Gasteiger partial charge is 0.352 e. The predicted octanol–water partition coefficient (Wildman–Crippen LogP) is 3.01. The second kappa shape index (κ2) is 6.70. The Bertz CT molecular complexity index is 468. The van der Waals surface area contributed by atoms with Crippen LogP contribution in [-0.2, 0) is 0 Å². The van der Waals surface area contributed by atoms with Gasteiger partial charge < -0.3 is 5.32 Å². The summed E-state index contributed by atoms with van der Waals surface area (Å²) in [7, 11) is 0. The summed E-state index contributed by atoms with van der Waals surface area (Å²) in [6.45, 7) is 2.46. The van der Waals surface area contributed by atoms with Crippen molar-refractivity contribution in [2.75, 3.05) is 11.9 Å². The fourth-order valence-electron chi connectivity index (χ4n) is 1.23. The van der Waals surface area contributed by atoms with E-state index in [4.69, 9.17) is 11.6 Å². The molecule has 1 aromatic rings. The molecule has 0 aliphatic heterocycles. The number of carbonyl (C=O) groups is 1. The lowest BCUT2D eigenvalue weighted by molar-refractivity contribution is -0.384. The summed E-state index contributed by atoms with van der Waals surface area (Å²) < 4.78 is 0. The van der Waals surface area contributed by atoms with E-state index in [1.165, 1.54) is 18.2 Å². The molecule has 1 N–H and O–H groups in total. The fourth-order valence-corrected chi connectivity index (χ4v) is 1.69. The monoisotopic (exact) mass is 334 g/mol. The first-order valence-electron chi connectivity index (χ1n) is 5.23. The molecule has 5 nitrogen and oxygen atoms in total. The molecule has 1 rings (SSSR count). The maximum atomic E-state index is 11.8. The lowest BCUT2D eigenvalue weighted by Crippen LogP contribution is -2.28. The molecule has 0 saturated heterocycles. The van der Waals surface area contributed by atoms with Crippen LogP contribution in [0.5, 0.6) is 0 Å². The number of halogens is 2. The zero-order valence-corrected chi connectivity index (χ0v) is 12.0. The summed E-state index contributed by atoms with van der Waals surface area (Å²) >= 11 is 9.04. The van der Waals surface area contributed by atoms with Crippen LogP contribution in [0.15, 0.2) is 18.2 Å². The smallest absolute Gasteiger partial charge is 0.271 e. The molecule has 0 aromatic heterocycles. The van der Waals surface area contributed by atoms with Gasteiger partial charge >= 0.3 is 0 Å². The van der Waals surface area contributed by atoms with Crippen molar-refractivity contribution in [1.29, 1.82) is 0 Å². The van der Waals surface area contributed by atoms with E-state index < -0.39 is 4.92 Å². The quantitative estimate of drug-likeness (QED) is 0.511. The highest BCUT2D eigenvalue weighted by Gasteiger charge is 2.14. The SMILES string of the molecule is CC(CBr)CNC(=O)c1cc(Cl)cc([N+](=O)[O-])c1. The predicted molar refractivity (Wildman–Crippen MR) is 73.4 cm³/mol. The standard InChI is InChI=1S/C11H12BrClN2O3/c1-7(5-12)6-14-11(16)8-2-9(13)4-10(3-8)15(17)18/h2-4,7H,5-6H2,1H3,(H,14,16). The van der Waals surface area contributed by atoms with E-state index >= 15 is 0 Å². The van der Waals surface area contributed by atoms with Crippen molar-refractivity contribution in [3.8, 4) is 0 Å². The highest BCUT2D eigenvalue weighted by atomic mass is 79.9. The molecule has 1 atom stereocenters. The molecule has 1 aromatic carbocycles. The molecule has 0 bridgehead atoms. The Morgan fingerprint density at radius 2 is 2.22 bits per heavy atom. The third kappa shape index (κ3) is 4.27. The lowest BCUT2D eigenvalue weighted by atomic mass is 10.1. The molecule has 18 heavy (non-hydrogen) atoms. The van der Waals surface area contributed by atoms with Crippen molar-refractivity contribution in [1.82, 2.24) is 5.32 Å². The summed E-state index contributed by atoms with van der Waals surface area (Å²) in [5, 5.41) is 14.3. The van der Waals surface area contributed by atoms with Gasteiger partial charge in [-0.15, -0.1) is 0 Å². The van der Waals surface area contributed by atoms with Crippen molar-refractivity contribution in [3.05, 3.63) is 38.9 Å². The van der Waals surface area contributed by atoms with Gasteiger partial charge in [0, 0.05) is 34.6 Å². The maximum Gasteiger partial charge on any atom is 0.271 e. The highest BCUT2D eigenvalue weighted by molar-refractivity contribution is 9.09. The van der Waals surface area contributed by atoms with Crippen molar-refractivity contribution < 1.29 is 9.72 Å². The minimum absolute atomic E-state index is 0.169. The average Bonchev–Trinajstić information content (AvgIpc) is 2.34. The molecule has 0 spiro atoms. The van der Waals surface area contributed by atoms with Gasteiger partial charge in [-0.3, -0.25) is 14.9 Å². The third-order valence-electron chi connectivity index (χ3n) is 2.23. The number of alkyl halides is 1. The van der Waals surface area contributed by atoms with E-state index in [1.54, 1.807) is 0 Å². The number of amides is 1. The van der Waals surface area contributed by atoms with Crippen LogP contribution in [-0.4, -0.2) is 22.7 Å². The average molecular weight is 336 g/mol. The number of carbonyl (C=O) groups excluding carboxylic acids is 1. The van der Waals surface area contributed by atoms with E-state index in [9.17, 15) is 14.9 Å². The van der Waals surface area contributed by atoms with Crippen LogP contribution in [0.25, 0.3) is 0 Å². The molecule has 0 fully saturated rings. The summed E-state index contributed by atoms with van der Waals surface area (Å²) in [6, 6.07) is 3.82. The first-order chi connectivity index (χ1) is 8.43. The molecule has 0 aliphatic rings. The summed E-state index contributed by atoms with van der Waals surface area (Å²) in [5.74, 6) is -0.0866. The number of nitro benzene ring substituents is 1. The summed E-state index contributed by atoms with van der Waals surface area (Å²) in [5.41, 5.74) is -0.00263. The van der Waals surface area contributed by atoms with E-state index in [2.05, 4.69) is 21.2 Å². The van der Waals surface area contributed by atoms with Crippen LogP contribution >= 0.6 is 27.5 Å². The molecule has 98 valence electrons. The first kappa shape index (κ1) is 14.9. The van der Waals surface area contributed by atoms with Gasteiger partial charge in [-0.1, -0.05) is 34.5 Å². The van der Waals surface area contributed by atoms with E-state index in [-0.39, 0.29) is 28.1 Å². The second-order valence-corrected chi connectivity index (χ2v) is 5.01. The number of benzene rings is 1. The van der Waals surface area contributed by atoms with Gasteiger partial charge in [-0.25, -0.2) is 0 Å². The van der Waals surface area contributed by atoms with Gasteiger partial charge in [-0.05, 0) is 12.0 Å². The Labute approximate surface area is 118 Å². The van der Waals surface area contributed by atoms with Crippen LogP contribution < -0.4 is 5.32 Å². The third-order valence-corrected chi connectivity index (χ3v) is 3.55. The highest BCUT2D eigenvalue weighted by Crippen LogP contribution is 2.20. The van der Waals surface area contributed by atoms with E-state index in [1.807, 2.05) is 6.92 Å². The zero-order chi connectivity index (χ0) is 13.7. The van der Waals surface area contributed by atoms with Crippen LogP contribution in [0.4, 0.5) is 5.69 Å². The van der Waals surface area contributed by atoms with Gasteiger partial charge in [0.15, 0.2) is 0 Å². The van der Waals surface area contributed by atoms with Gasteiger partial charge in [0.2, 0.25) is 0 Å². The number of nitrogens with zero attached hydrogens (tertiary/aromatic N) is 1. The molecular weight excluding hydrogens is 323 g/mol. The van der Waals surface area contributed by atoms with Crippen molar-refractivity contribution in [3.63, 3.8) is 0 Å². The zero-order valence-electron chi connectivity index (χ0n) is 9.65. The minimum Gasteiger partial charge on any atom is -0.352 e. The Hall–Kier alpha value is -1.14. The van der Waals surface area contributed by atoms with Crippen molar-refractivity contribution in [2.45, 2.75) is 6.92 Å². The van der Waals surface area contributed by atoms with Gasteiger partial charge in [-0.2, -0.15) is 0 Å². The number of nitrogens with one attached hydrogen (secondary N) is 1. The first-order valence-corrected chi connectivity index (χ1v) is 6.73. The number of hydrogen-bond donors (Lipinski definition) is 1. The van der Waals surface area contributed by atoms with Crippen molar-refractivity contribution in [2.24, 2.45) is 5.92 Å². The Morgan fingerprint density at radius 3 is 2.78 bits per heavy atom. The van der Waals surface area contributed by atoms with Crippen LogP contribution in [0.1, 0.15) is 17.3 Å². The number of hydrogen-bond acceptors (Lipinski definition) is 3. The van der Waals surface area contributed by atoms with E-state index in [0.29, 0.717) is 6.54 Å². The molecule has 0 aliphatic carbocycles. The second-order valence-electron chi connectivity index (χ2n) is 3.92. The summed E-state index contributed by atoms with van der Waals surface area (Å²) in [6.07, 6.45) is 0. The van der Waals surface area contributed by atoms with Crippen LogP contribution in [0.3, 0.4) is 0 Å². The maximum absolute atomic E-state index is 11.8. The number of rotatable bonds is 5. The van der Waals surface area contributed by atoms with Gasteiger partial charge in [0.1, 0.15) is 0 Å². The van der Waals surface area contributed by atoms with Crippen LogP contribution in [0, 0.1) is 16.0 Å². The molecule has 7 heteroatoms. The van der Waals surface area contributed by atoms with Crippen molar-refractivity contribution >= 4 is 39.1 Å². The summed E-state index contributed by atoms with van der Waals surface area (Å²) in [4.78, 5) is 21.9. The fraction of sp³-hybridized carbons (Fsp3) is 0.364. The number of nitro groups is 1. The van der Waals surface area contributed by atoms with Gasteiger partial charge in [0.05, 0.1) is 4.92 Å². The molecule has 0 saturated carbocycles. The Morgan fingerprint density at radius 1 is 1.56 bits per heavy atom. The lowest BCUT2D eigenvalue weighted by Gasteiger charge is -2.09. The molecule has 0 radical (unpaired) electrons. The Kier molecular flexibility index (Phi) is 5.55. The van der Waals surface area contributed by atoms with Gasteiger partial charge in [0.25, 0.3) is 11.6 Å². The number of non-ortho nitro benzene ring substituents is 1. The minimum atomic E-state index is -0.580. The molecule has 0 heterocycles. The topological polar surface area (TPSA) is 72.2 Å². The molecule has 1 unspecified atom stereocenters. The van der Waals surface area contributed by atoms with Crippen LogP contribution in [0.2, 0.25) is 5.02 Å². The Balaban J connectivity index is 2.82. The van der Waals surface area contributed by atoms with E-state index in [0.717, 1.165) is 5.33 Å².